The largest absolute Gasteiger partial charge is 0.490 e. The Morgan fingerprint density at radius 1 is 1.28 bits per heavy atom. The number of anilines is 1. The van der Waals surface area contributed by atoms with Gasteiger partial charge >= 0.3 is 0 Å². The zero-order valence-corrected chi connectivity index (χ0v) is 12.4. The zero-order chi connectivity index (χ0) is 13.5. The van der Waals surface area contributed by atoms with Gasteiger partial charge in [0, 0.05) is 13.1 Å². The van der Waals surface area contributed by atoms with Gasteiger partial charge in [-0.15, -0.1) is 0 Å². The third kappa shape index (κ3) is 3.48. The summed E-state index contributed by atoms with van der Waals surface area (Å²) in [4.78, 5) is 10.5. The minimum absolute atomic E-state index is 0.366. The lowest BCUT2D eigenvalue weighted by Gasteiger charge is -2.27. The Bertz CT molecular complexity index is 369. The molecule has 0 aliphatic carbocycles. The molecule has 1 aromatic heterocycles. The van der Waals surface area contributed by atoms with Crippen molar-refractivity contribution in [2.24, 2.45) is 5.92 Å². The van der Waals surface area contributed by atoms with Crippen LogP contribution in [0.4, 0.5) is 5.82 Å². The Morgan fingerprint density at radius 3 is 2.44 bits per heavy atom. The number of methoxy groups -OCH3 is 1. The van der Waals surface area contributed by atoms with Crippen LogP contribution >= 0.6 is 11.6 Å². The van der Waals surface area contributed by atoms with Gasteiger partial charge in [-0.25, -0.2) is 9.97 Å². The molecule has 0 radical (unpaired) electrons. The van der Waals surface area contributed by atoms with E-state index in [1.807, 2.05) is 0 Å². The smallest absolute Gasteiger partial charge is 0.199 e. The van der Waals surface area contributed by atoms with Crippen LogP contribution in [0.3, 0.4) is 0 Å². The SMILES string of the molecule is CCC(CC)CN(CC)c1ncnc(Cl)c1OC. The van der Waals surface area contributed by atoms with E-state index in [-0.39, 0.29) is 0 Å². The van der Waals surface area contributed by atoms with Gasteiger partial charge in [-0.2, -0.15) is 0 Å². The van der Waals surface area contributed by atoms with Crippen LogP contribution < -0.4 is 9.64 Å². The summed E-state index contributed by atoms with van der Waals surface area (Å²) in [6.45, 7) is 8.38. The summed E-state index contributed by atoms with van der Waals surface area (Å²) in [5, 5.41) is 0.366. The molecule has 0 aliphatic heterocycles. The highest BCUT2D eigenvalue weighted by atomic mass is 35.5. The van der Waals surface area contributed by atoms with Gasteiger partial charge in [-0.05, 0) is 12.8 Å². The van der Waals surface area contributed by atoms with Gasteiger partial charge in [0.25, 0.3) is 0 Å². The highest BCUT2D eigenvalue weighted by Gasteiger charge is 2.18. The Labute approximate surface area is 114 Å². The number of rotatable bonds is 7. The van der Waals surface area contributed by atoms with Crippen molar-refractivity contribution >= 4 is 17.4 Å². The van der Waals surface area contributed by atoms with E-state index in [1.165, 1.54) is 6.33 Å². The van der Waals surface area contributed by atoms with E-state index in [2.05, 4.69) is 35.6 Å². The molecule has 1 aromatic rings. The molecule has 102 valence electrons. The summed E-state index contributed by atoms with van der Waals surface area (Å²) in [5.41, 5.74) is 0. The molecule has 18 heavy (non-hydrogen) atoms. The fourth-order valence-corrected chi connectivity index (χ4v) is 2.17. The third-order valence-electron chi connectivity index (χ3n) is 3.26. The van der Waals surface area contributed by atoms with Crippen LogP contribution in [0.15, 0.2) is 6.33 Å². The monoisotopic (exact) mass is 271 g/mol. The van der Waals surface area contributed by atoms with E-state index in [4.69, 9.17) is 16.3 Å². The number of aromatic nitrogens is 2. The third-order valence-corrected chi connectivity index (χ3v) is 3.53. The van der Waals surface area contributed by atoms with E-state index in [9.17, 15) is 0 Å². The Hall–Kier alpha value is -1.03. The Balaban J connectivity index is 2.97. The lowest BCUT2D eigenvalue weighted by molar-refractivity contribution is 0.407. The molecule has 0 aliphatic rings. The Kier molecular flexibility index (Phi) is 6.19. The average molecular weight is 272 g/mol. The van der Waals surface area contributed by atoms with Crippen LogP contribution in [0.25, 0.3) is 0 Å². The lowest BCUT2D eigenvalue weighted by Crippen LogP contribution is -2.30. The summed E-state index contributed by atoms with van der Waals surface area (Å²) >= 11 is 6.03. The number of hydrogen-bond donors (Lipinski definition) is 0. The Morgan fingerprint density at radius 2 is 1.94 bits per heavy atom. The van der Waals surface area contributed by atoms with Crippen LogP contribution in [-0.2, 0) is 0 Å². The van der Waals surface area contributed by atoms with E-state index in [0.29, 0.717) is 16.8 Å². The maximum atomic E-state index is 6.03. The molecule has 0 unspecified atom stereocenters. The highest BCUT2D eigenvalue weighted by Crippen LogP contribution is 2.32. The quantitative estimate of drug-likeness (QED) is 0.713. The summed E-state index contributed by atoms with van der Waals surface area (Å²) < 4.78 is 5.31. The molecule has 4 nitrogen and oxygen atoms in total. The van der Waals surface area contributed by atoms with Crippen LogP contribution in [0, 0.1) is 5.92 Å². The lowest BCUT2D eigenvalue weighted by atomic mass is 10.0. The fraction of sp³-hybridized carbons (Fsp3) is 0.692. The minimum atomic E-state index is 0.366. The second-order valence-corrected chi connectivity index (χ2v) is 4.60. The maximum absolute atomic E-state index is 6.03. The molecule has 5 heteroatoms. The average Bonchev–Trinajstić information content (AvgIpc) is 2.40. The van der Waals surface area contributed by atoms with E-state index in [1.54, 1.807) is 7.11 Å². The van der Waals surface area contributed by atoms with Gasteiger partial charge in [-0.3, -0.25) is 0 Å². The van der Waals surface area contributed by atoms with Crippen molar-refractivity contribution in [1.29, 1.82) is 0 Å². The standard InChI is InChI=1S/C13H22ClN3O/c1-5-10(6-2)8-17(7-3)13-11(18-4)12(14)15-9-16-13/h9-10H,5-8H2,1-4H3. The second-order valence-electron chi connectivity index (χ2n) is 4.24. The van der Waals surface area contributed by atoms with Gasteiger partial charge in [0.2, 0.25) is 0 Å². The normalized spacial score (nSPS) is 10.8. The van der Waals surface area contributed by atoms with E-state index < -0.39 is 0 Å². The first-order chi connectivity index (χ1) is 8.67. The van der Waals surface area contributed by atoms with Crippen LogP contribution in [-0.4, -0.2) is 30.2 Å². The molecule has 0 aromatic carbocycles. The second kappa shape index (κ2) is 7.41. The molecule has 0 amide bonds. The number of nitrogens with zero attached hydrogens (tertiary/aromatic N) is 3. The van der Waals surface area contributed by atoms with Gasteiger partial charge in [0.1, 0.15) is 6.33 Å². The predicted molar refractivity (Wildman–Crippen MR) is 75.6 cm³/mol. The van der Waals surface area contributed by atoms with Gasteiger partial charge in [-0.1, -0.05) is 38.3 Å². The van der Waals surface area contributed by atoms with Crippen molar-refractivity contribution in [3.05, 3.63) is 11.5 Å². The molecular formula is C13H22ClN3O. The van der Waals surface area contributed by atoms with E-state index >= 15 is 0 Å². The number of ether oxygens (including phenoxy) is 1. The number of hydrogen-bond acceptors (Lipinski definition) is 4. The zero-order valence-electron chi connectivity index (χ0n) is 11.6. The van der Waals surface area contributed by atoms with Crippen molar-refractivity contribution in [2.75, 3.05) is 25.1 Å². The van der Waals surface area contributed by atoms with Gasteiger partial charge < -0.3 is 9.64 Å². The van der Waals surface area contributed by atoms with Crippen LogP contribution in [0.5, 0.6) is 5.75 Å². The molecule has 0 bridgehead atoms. The molecule has 0 saturated heterocycles. The topological polar surface area (TPSA) is 38.2 Å². The molecule has 0 fully saturated rings. The van der Waals surface area contributed by atoms with E-state index in [0.717, 1.165) is 31.7 Å². The summed E-state index contributed by atoms with van der Waals surface area (Å²) in [5.74, 6) is 2.00. The first-order valence-electron chi connectivity index (χ1n) is 6.47. The minimum Gasteiger partial charge on any atom is -0.490 e. The number of halogens is 1. The predicted octanol–water partition coefficient (Wildman–Crippen LogP) is 3.40. The fourth-order valence-electron chi connectivity index (χ4n) is 1.97. The molecule has 0 saturated carbocycles. The molecule has 0 atom stereocenters. The summed E-state index contributed by atoms with van der Waals surface area (Å²) in [7, 11) is 1.60. The van der Waals surface area contributed by atoms with Gasteiger partial charge in [0.15, 0.2) is 16.7 Å². The van der Waals surface area contributed by atoms with Crippen molar-refractivity contribution in [1.82, 2.24) is 9.97 Å². The van der Waals surface area contributed by atoms with Crippen molar-refractivity contribution in [2.45, 2.75) is 33.6 Å². The van der Waals surface area contributed by atoms with Crippen molar-refractivity contribution in [3.8, 4) is 5.75 Å². The molecule has 0 spiro atoms. The first kappa shape index (κ1) is 15.0. The molecule has 1 heterocycles. The molecular weight excluding hydrogens is 250 g/mol. The van der Waals surface area contributed by atoms with Crippen LogP contribution in [0.1, 0.15) is 33.6 Å². The van der Waals surface area contributed by atoms with Crippen molar-refractivity contribution in [3.63, 3.8) is 0 Å². The van der Waals surface area contributed by atoms with Gasteiger partial charge in [0.05, 0.1) is 7.11 Å². The van der Waals surface area contributed by atoms with Crippen molar-refractivity contribution < 1.29 is 4.74 Å². The highest BCUT2D eigenvalue weighted by molar-refractivity contribution is 6.31. The first-order valence-corrected chi connectivity index (χ1v) is 6.85. The summed E-state index contributed by atoms with van der Waals surface area (Å²) in [6.07, 6.45) is 3.80. The molecule has 1 rings (SSSR count). The molecule has 0 N–H and O–H groups in total. The summed E-state index contributed by atoms with van der Waals surface area (Å²) in [6, 6.07) is 0. The maximum Gasteiger partial charge on any atom is 0.199 e. The van der Waals surface area contributed by atoms with Crippen LogP contribution in [0.2, 0.25) is 5.15 Å².